The summed E-state index contributed by atoms with van der Waals surface area (Å²) in [6, 6.07) is 6.65. The molecule has 0 atom stereocenters. The molecule has 3 aromatic rings. The molecule has 0 amide bonds. The topological polar surface area (TPSA) is 96.6 Å². The highest BCUT2D eigenvalue weighted by molar-refractivity contribution is 6.04. The van der Waals surface area contributed by atoms with Gasteiger partial charge in [0.1, 0.15) is 23.3 Å². The van der Waals surface area contributed by atoms with Crippen LogP contribution in [0.15, 0.2) is 35.1 Å². The number of hydrogen-bond acceptors (Lipinski definition) is 9. The fourth-order valence-corrected chi connectivity index (χ4v) is 3.65. The van der Waals surface area contributed by atoms with Crippen molar-refractivity contribution in [2.45, 2.75) is 13.3 Å². The van der Waals surface area contributed by atoms with E-state index in [1.807, 2.05) is 12.1 Å². The van der Waals surface area contributed by atoms with E-state index in [-0.39, 0.29) is 23.8 Å². The number of anilines is 2. The van der Waals surface area contributed by atoms with E-state index in [0.29, 0.717) is 17.7 Å². The Hall–Kier alpha value is -3.27. The van der Waals surface area contributed by atoms with Crippen LogP contribution in [0.1, 0.15) is 23.8 Å². The number of rotatable bonds is 8. The first-order chi connectivity index (χ1) is 15.2. The van der Waals surface area contributed by atoms with Crippen molar-refractivity contribution in [3.8, 4) is 0 Å². The van der Waals surface area contributed by atoms with Gasteiger partial charge >= 0.3 is 5.97 Å². The lowest BCUT2D eigenvalue weighted by molar-refractivity contribution is 0.0517. The van der Waals surface area contributed by atoms with Gasteiger partial charge in [0.25, 0.3) is 5.71 Å². The zero-order valence-corrected chi connectivity index (χ0v) is 17.4. The Morgan fingerprint density at radius 1 is 1.19 bits per heavy atom. The van der Waals surface area contributed by atoms with E-state index in [1.165, 1.54) is 18.5 Å². The molecule has 1 aliphatic rings. The SMILES string of the molecule is CCOC(=O)c1noc2ncnc(NCCCN3CCN(c4ccc(F)cc4)CC3)c12. The molecular formula is C21H25FN6O3. The van der Waals surface area contributed by atoms with Crippen LogP contribution in [0, 0.1) is 5.82 Å². The predicted octanol–water partition coefficient (Wildman–Crippen LogP) is 2.56. The minimum Gasteiger partial charge on any atom is -0.461 e. The second kappa shape index (κ2) is 9.69. The minimum absolute atomic E-state index is 0.0804. The molecule has 31 heavy (non-hydrogen) atoms. The molecule has 1 aromatic carbocycles. The van der Waals surface area contributed by atoms with Crippen molar-refractivity contribution in [1.82, 2.24) is 20.0 Å². The highest BCUT2D eigenvalue weighted by Gasteiger charge is 2.22. The summed E-state index contributed by atoms with van der Waals surface area (Å²) in [5.41, 5.74) is 1.39. The summed E-state index contributed by atoms with van der Waals surface area (Å²) in [4.78, 5) is 25.0. The quantitative estimate of drug-likeness (QED) is 0.429. The Bertz CT molecular complexity index is 1020. The summed E-state index contributed by atoms with van der Waals surface area (Å²) >= 11 is 0. The van der Waals surface area contributed by atoms with Crippen LogP contribution in [0.25, 0.3) is 11.1 Å². The molecule has 0 spiro atoms. The third-order valence-corrected chi connectivity index (χ3v) is 5.25. The van der Waals surface area contributed by atoms with Crippen molar-refractivity contribution in [2.75, 3.05) is 56.1 Å². The highest BCUT2D eigenvalue weighted by Crippen LogP contribution is 2.24. The molecule has 1 N–H and O–H groups in total. The Morgan fingerprint density at radius 3 is 2.71 bits per heavy atom. The number of hydrogen-bond donors (Lipinski definition) is 1. The van der Waals surface area contributed by atoms with Gasteiger partial charge in [-0.1, -0.05) is 5.16 Å². The fourth-order valence-electron chi connectivity index (χ4n) is 3.65. The lowest BCUT2D eigenvalue weighted by Crippen LogP contribution is -2.46. The van der Waals surface area contributed by atoms with Gasteiger partial charge in [0.05, 0.1) is 6.61 Å². The van der Waals surface area contributed by atoms with Crippen molar-refractivity contribution < 1.29 is 18.4 Å². The van der Waals surface area contributed by atoms with Gasteiger partial charge in [-0.05, 0) is 44.2 Å². The molecule has 1 fully saturated rings. The first-order valence-corrected chi connectivity index (χ1v) is 10.4. The molecule has 2 aromatic heterocycles. The molecule has 4 rings (SSSR count). The summed E-state index contributed by atoms with van der Waals surface area (Å²) in [6.45, 7) is 7.32. The van der Waals surface area contributed by atoms with Gasteiger partial charge in [-0.25, -0.2) is 14.2 Å². The number of nitrogens with one attached hydrogen (secondary N) is 1. The molecule has 10 heteroatoms. The van der Waals surface area contributed by atoms with Crippen molar-refractivity contribution in [2.24, 2.45) is 0 Å². The van der Waals surface area contributed by atoms with Crippen LogP contribution in [0.2, 0.25) is 0 Å². The van der Waals surface area contributed by atoms with Crippen molar-refractivity contribution >= 4 is 28.6 Å². The first-order valence-electron chi connectivity index (χ1n) is 10.4. The van der Waals surface area contributed by atoms with Crippen LogP contribution in [0.4, 0.5) is 15.9 Å². The molecule has 1 saturated heterocycles. The molecule has 164 valence electrons. The number of ether oxygens (including phenoxy) is 1. The summed E-state index contributed by atoms with van der Waals surface area (Å²) in [5.74, 6) is -0.259. The van der Waals surface area contributed by atoms with Crippen molar-refractivity contribution in [3.63, 3.8) is 0 Å². The molecule has 0 aliphatic carbocycles. The third-order valence-electron chi connectivity index (χ3n) is 5.25. The monoisotopic (exact) mass is 428 g/mol. The zero-order chi connectivity index (χ0) is 21.6. The predicted molar refractivity (Wildman–Crippen MR) is 114 cm³/mol. The molecule has 1 aliphatic heterocycles. The molecular weight excluding hydrogens is 403 g/mol. The smallest absolute Gasteiger partial charge is 0.361 e. The van der Waals surface area contributed by atoms with Gasteiger partial charge < -0.3 is 19.5 Å². The number of aromatic nitrogens is 3. The van der Waals surface area contributed by atoms with E-state index in [9.17, 15) is 9.18 Å². The fraction of sp³-hybridized carbons (Fsp3) is 0.429. The van der Waals surface area contributed by atoms with Crippen LogP contribution in [0.5, 0.6) is 0 Å². The second-order valence-electron chi connectivity index (χ2n) is 7.24. The highest BCUT2D eigenvalue weighted by atomic mass is 19.1. The maximum absolute atomic E-state index is 13.1. The molecule has 0 saturated carbocycles. The number of nitrogens with zero attached hydrogens (tertiary/aromatic N) is 5. The first kappa shape index (κ1) is 21.0. The van der Waals surface area contributed by atoms with Gasteiger partial charge in [0.15, 0.2) is 0 Å². The number of fused-ring (bicyclic) bond motifs is 1. The maximum atomic E-state index is 13.1. The largest absolute Gasteiger partial charge is 0.461 e. The number of piperazine rings is 1. The van der Waals surface area contributed by atoms with Gasteiger partial charge in [0.2, 0.25) is 5.69 Å². The number of carbonyl (C=O) groups is 1. The van der Waals surface area contributed by atoms with E-state index < -0.39 is 5.97 Å². The third kappa shape index (κ3) is 4.91. The van der Waals surface area contributed by atoms with Gasteiger partial charge in [-0.15, -0.1) is 0 Å². The molecule has 0 bridgehead atoms. The lowest BCUT2D eigenvalue weighted by Gasteiger charge is -2.36. The van der Waals surface area contributed by atoms with E-state index in [2.05, 4.69) is 30.2 Å². The Labute approximate surface area is 179 Å². The summed E-state index contributed by atoms with van der Waals surface area (Å²) in [7, 11) is 0. The number of halogens is 1. The van der Waals surface area contributed by atoms with Crippen LogP contribution in [0.3, 0.4) is 0 Å². The maximum Gasteiger partial charge on any atom is 0.361 e. The van der Waals surface area contributed by atoms with E-state index in [0.717, 1.165) is 44.8 Å². The summed E-state index contributed by atoms with van der Waals surface area (Å²) in [5, 5.41) is 7.49. The molecule has 0 radical (unpaired) electrons. The summed E-state index contributed by atoms with van der Waals surface area (Å²) in [6.07, 6.45) is 2.28. The number of carbonyl (C=O) groups excluding carboxylic acids is 1. The molecule has 9 nitrogen and oxygen atoms in total. The van der Waals surface area contributed by atoms with Gasteiger partial charge in [0, 0.05) is 38.4 Å². The van der Waals surface area contributed by atoms with Crippen LogP contribution < -0.4 is 10.2 Å². The lowest BCUT2D eigenvalue weighted by atomic mass is 10.2. The average Bonchev–Trinajstić information content (AvgIpc) is 3.23. The number of esters is 1. The van der Waals surface area contributed by atoms with Crippen molar-refractivity contribution in [1.29, 1.82) is 0 Å². The Kier molecular flexibility index (Phi) is 6.56. The Balaban J connectivity index is 1.27. The van der Waals surface area contributed by atoms with Crippen molar-refractivity contribution in [3.05, 3.63) is 42.1 Å². The average molecular weight is 428 g/mol. The molecule has 0 unspecified atom stereocenters. The Morgan fingerprint density at radius 2 is 1.97 bits per heavy atom. The van der Waals surface area contributed by atoms with E-state index in [4.69, 9.17) is 9.26 Å². The van der Waals surface area contributed by atoms with Gasteiger partial charge in [-0.2, -0.15) is 4.98 Å². The van der Waals surface area contributed by atoms with Crippen LogP contribution >= 0.6 is 0 Å². The number of benzene rings is 1. The zero-order valence-electron chi connectivity index (χ0n) is 17.4. The normalized spacial score (nSPS) is 14.7. The van der Waals surface area contributed by atoms with E-state index in [1.54, 1.807) is 6.92 Å². The van der Waals surface area contributed by atoms with E-state index >= 15 is 0 Å². The minimum atomic E-state index is -0.557. The standard InChI is InChI=1S/C21H25FN6O3/c1-2-30-21(29)18-17-19(24-14-25-20(17)31-26-18)23-8-3-9-27-10-12-28(13-11-27)16-6-4-15(22)5-7-16/h4-7,14H,2-3,8-13H2,1H3,(H,23,24,25). The van der Waals surface area contributed by atoms with Gasteiger partial charge in [-0.3, -0.25) is 4.90 Å². The second-order valence-corrected chi connectivity index (χ2v) is 7.24. The van der Waals surface area contributed by atoms with Crippen LogP contribution in [-0.4, -0.2) is 71.9 Å². The summed E-state index contributed by atoms with van der Waals surface area (Å²) < 4.78 is 23.3. The van der Waals surface area contributed by atoms with Crippen LogP contribution in [-0.2, 0) is 4.74 Å². The molecule has 3 heterocycles.